The predicted octanol–water partition coefficient (Wildman–Crippen LogP) is 5.05. The molecule has 0 radical (unpaired) electrons. The van der Waals surface area contributed by atoms with Crippen LogP contribution in [0.2, 0.25) is 0 Å². The Kier molecular flexibility index (Phi) is 5.28. The van der Waals surface area contributed by atoms with Gasteiger partial charge in [0.15, 0.2) is 0 Å². The summed E-state index contributed by atoms with van der Waals surface area (Å²) in [6.45, 7) is 5.45. The van der Waals surface area contributed by atoms with Crippen molar-refractivity contribution in [3.8, 4) is 5.75 Å². The lowest BCUT2D eigenvalue weighted by Gasteiger charge is -2.47. The van der Waals surface area contributed by atoms with E-state index >= 15 is 0 Å². The normalized spacial score (nSPS) is 20.7. The zero-order valence-corrected chi connectivity index (χ0v) is 17.5. The van der Waals surface area contributed by atoms with Crippen molar-refractivity contribution >= 4 is 17.5 Å². The van der Waals surface area contributed by atoms with Crippen molar-refractivity contribution in [1.82, 2.24) is 0 Å². The molecule has 0 amide bonds. The van der Waals surface area contributed by atoms with Crippen LogP contribution in [0.5, 0.6) is 5.75 Å². The highest BCUT2D eigenvalue weighted by atomic mass is 16.6. The second-order valence-corrected chi connectivity index (χ2v) is 8.54. The minimum Gasteiger partial charge on any atom is -0.463 e. The number of nitrogens with zero attached hydrogens (tertiary/aromatic N) is 2. The van der Waals surface area contributed by atoms with E-state index in [-0.39, 0.29) is 22.6 Å². The van der Waals surface area contributed by atoms with Gasteiger partial charge in [0.25, 0.3) is 5.69 Å². The first-order valence-electron chi connectivity index (χ1n) is 10.6. The standard InChI is InChI=1S/C24H28N2O4/c1-23(2)20-9-5-6-10-21(20)25(15-7-3-4-8-16-27)24(23)14-13-18-17-19(26(28)29)11-12-22(18)30-24/h5-6,9-14,17,27H,3-4,7-8,15-16H2,1-2H3. The van der Waals surface area contributed by atoms with Crippen LogP contribution in [0.1, 0.15) is 50.7 Å². The molecule has 1 spiro atoms. The Morgan fingerprint density at radius 2 is 1.87 bits per heavy atom. The second-order valence-electron chi connectivity index (χ2n) is 8.54. The first kappa shape index (κ1) is 20.4. The molecule has 1 N–H and O–H groups in total. The number of nitro benzene ring substituents is 1. The Hall–Kier alpha value is -2.86. The van der Waals surface area contributed by atoms with Crippen molar-refractivity contribution in [2.45, 2.75) is 50.7 Å². The molecule has 2 heterocycles. The zero-order valence-electron chi connectivity index (χ0n) is 17.5. The summed E-state index contributed by atoms with van der Waals surface area (Å²) >= 11 is 0. The molecule has 0 aromatic heterocycles. The van der Waals surface area contributed by atoms with Crippen LogP contribution in [0, 0.1) is 10.1 Å². The van der Waals surface area contributed by atoms with E-state index < -0.39 is 5.72 Å². The summed E-state index contributed by atoms with van der Waals surface area (Å²) < 4.78 is 6.68. The van der Waals surface area contributed by atoms with Gasteiger partial charge in [-0.3, -0.25) is 10.1 Å². The number of nitro groups is 1. The van der Waals surface area contributed by atoms with E-state index in [9.17, 15) is 10.1 Å². The van der Waals surface area contributed by atoms with Crippen LogP contribution in [0.25, 0.3) is 6.08 Å². The molecule has 0 fully saturated rings. The highest BCUT2D eigenvalue weighted by molar-refractivity contribution is 5.73. The minimum absolute atomic E-state index is 0.0626. The molecule has 2 aliphatic rings. The fraction of sp³-hybridized carbons (Fsp3) is 0.417. The second kappa shape index (κ2) is 7.76. The van der Waals surface area contributed by atoms with Crippen molar-refractivity contribution < 1.29 is 14.8 Å². The molecular formula is C24H28N2O4. The van der Waals surface area contributed by atoms with Crippen molar-refractivity contribution in [1.29, 1.82) is 0 Å². The molecular weight excluding hydrogens is 380 g/mol. The summed E-state index contributed by atoms with van der Waals surface area (Å²) in [4.78, 5) is 13.1. The van der Waals surface area contributed by atoms with Crippen molar-refractivity contribution in [2.24, 2.45) is 0 Å². The molecule has 0 aliphatic carbocycles. The van der Waals surface area contributed by atoms with Gasteiger partial charge in [-0.1, -0.05) is 31.0 Å². The van der Waals surface area contributed by atoms with Crippen molar-refractivity contribution in [3.05, 3.63) is 69.8 Å². The largest absolute Gasteiger partial charge is 0.463 e. The van der Waals surface area contributed by atoms with Crippen LogP contribution in [0.3, 0.4) is 0 Å². The zero-order chi connectivity index (χ0) is 21.4. The number of anilines is 1. The molecule has 158 valence electrons. The van der Waals surface area contributed by atoms with Gasteiger partial charge in [0.05, 0.1) is 10.3 Å². The Morgan fingerprint density at radius 1 is 1.10 bits per heavy atom. The molecule has 6 nitrogen and oxygen atoms in total. The third-order valence-electron chi connectivity index (χ3n) is 6.41. The highest BCUT2D eigenvalue weighted by Crippen LogP contribution is 2.55. The number of benzene rings is 2. The van der Waals surface area contributed by atoms with Gasteiger partial charge in [0, 0.05) is 36.5 Å². The SMILES string of the molecule is CC1(C)c2ccccc2N(CCCCCCO)C12C=Cc1cc([N+](=O)[O-])ccc1O2. The topological polar surface area (TPSA) is 75.8 Å². The molecule has 6 heteroatoms. The molecule has 30 heavy (non-hydrogen) atoms. The van der Waals surface area contributed by atoms with E-state index in [1.165, 1.54) is 17.3 Å². The molecule has 0 saturated carbocycles. The van der Waals surface area contributed by atoms with E-state index in [4.69, 9.17) is 9.84 Å². The lowest BCUT2D eigenvalue weighted by molar-refractivity contribution is -0.384. The van der Waals surface area contributed by atoms with Crippen LogP contribution in [0.4, 0.5) is 11.4 Å². The number of fused-ring (bicyclic) bond motifs is 2. The van der Waals surface area contributed by atoms with Gasteiger partial charge in [-0.15, -0.1) is 0 Å². The number of aliphatic hydroxyl groups is 1. The van der Waals surface area contributed by atoms with Crippen molar-refractivity contribution in [2.75, 3.05) is 18.1 Å². The maximum atomic E-state index is 11.2. The molecule has 1 unspecified atom stereocenters. The van der Waals surface area contributed by atoms with Gasteiger partial charge < -0.3 is 14.7 Å². The molecule has 2 aromatic carbocycles. The fourth-order valence-corrected chi connectivity index (χ4v) is 4.73. The van der Waals surface area contributed by atoms with Gasteiger partial charge >= 0.3 is 0 Å². The van der Waals surface area contributed by atoms with Gasteiger partial charge in [0.1, 0.15) is 5.75 Å². The molecule has 2 aliphatic heterocycles. The van der Waals surface area contributed by atoms with Crippen LogP contribution in [-0.4, -0.2) is 28.9 Å². The van der Waals surface area contributed by atoms with E-state index in [1.54, 1.807) is 12.1 Å². The smallest absolute Gasteiger partial charge is 0.270 e. The van der Waals surface area contributed by atoms with Crippen LogP contribution in [0.15, 0.2) is 48.5 Å². The quantitative estimate of drug-likeness (QED) is 0.394. The van der Waals surface area contributed by atoms with Gasteiger partial charge in [-0.05, 0) is 56.5 Å². The van der Waals surface area contributed by atoms with Crippen molar-refractivity contribution in [3.63, 3.8) is 0 Å². The number of hydrogen-bond donors (Lipinski definition) is 1. The van der Waals surface area contributed by atoms with E-state index in [0.29, 0.717) is 5.75 Å². The van der Waals surface area contributed by atoms with Gasteiger partial charge in [-0.2, -0.15) is 0 Å². The number of rotatable bonds is 7. The van der Waals surface area contributed by atoms with Gasteiger partial charge in [0.2, 0.25) is 5.72 Å². The molecule has 4 rings (SSSR count). The summed E-state index contributed by atoms with van der Waals surface area (Å²) in [5.74, 6) is 0.661. The fourth-order valence-electron chi connectivity index (χ4n) is 4.73. The third kappa shape index (κ3) is 3.16. The number of ether oxygens (including phenoxy) is 1. The predicted molar refractivity (Wildman–Crippen MR) is 118 cm³/mol. The maximum Gasteiger partial charge on any atom is 0.270 e. The summed E-state index contributed by atoms with van der Waals surface area (Å²) in [5, 5.41) is 20.2. The number of hydrogen-bond acceptors (Lipinski definition) is 5. The number of aliphatic hydroxyl groups excluding tert-OH is 1. The molecule has 0 bridgehead atoms. The average molecular weight is 408 g/mol. The molecule has 2 aromatic rings. The molecule has 1 atom stereocenters. The number of para-hydroxylation sites is 1. The maximum absolute atomic E-state index is 11.2. The summed E-state index contributed by atoms with van der Waals surface area (Å²) in [6, 6.07) is 13.2. The third-order valence-corrected chi connectivity index (χ3v) is 6.41. The Morgan fingerprint density at radius 3 is 2.63 bits per heavy atom. The molecule has 0 saturated heterocycles. The van der Waals surface area contributed by atoms with E-state index in [1.807, 2.05) is 6.08 Å². The first-order chi connectivity index (χ1) is 14.4. The lowest BCUT2D eigenvalue weighted by atomic mass is 9.76. The van der Waals surface area contributed by atoms with Crippen LogP contribution >= 0.6 is 0 Å². The monoisotopic (exact) mass is 408 g/mol. The first-order valence-corrected chi connectivity index (χ1v) is 10.6. The van der Waals surface area contributed by atoms with Gasteiger partial charge in [-0.25, -0.2) is 0 Å². The number of non-ortho nitro benzene ring substituents is 1. The summed E-state index contributed by atoms with van der Waals surface area (Å²) in [7, 11) is 0. The Labute approximate surface area is 176 Å². The number of unbranched alkanes of at least 4 members (excludes halogenated alkanes) is 3. The highest BCUT2D eigenvalue weighted by Gasteiger charge is 2.58. The van der Waals surface area contributed by atoms with E-state index in [0.717, 1.165) is 37.8 Å². The lowest BCUT2D eigenvalue weighted by Crippen LogP contribution is -2.59. The summed E-state index contributed by atoms with van der Waals surface area (Å²) in [6.07, 6.45) is 7.89. The average Bonchev–Trinajstić information content (AvgIpc) is 2.92. The summed E-state index contributed by atoms with van der Waals surface area (Å²) in [5.41, 5.74) is 2.17. The minimum atomic E-state index is -0.698. The Balaban J connectivity index is 1.71. The van der Waals surface area contributed by atoms with E-state index in [2.05, 4.69) is 49.1 Å². The van der Waals surface area contributed by atoms with Crippen LogP contribution in [-0.2, 0) is 5.41 Å². The van der Waals surface area contributed by atoms with Crippen LogP contribution < -0.4 is 9.64 Å². The Bertz CT molecular complexity index is 985.